The number of aromatic amines is 1. The van der Waals surface area contributed by atoms with Crippen molar-refractivity contribution in [2.75, 3.05) is 11.9 Å². The maximum absolute atomic E-state index is 12.6. The molecular formula is C18H18N4O3. The van der Waals surface area contributed by atoms with Crippen molar-refractivity contribution in [3.63, 3.8) is 0 Å². The van der Waals surface area contributed by atoms with E-state index in [4.69, 9.17) is 4.74 Å². The summed E-state index contributed by atoms with van der Waals surface area (Å²) in [7, 11) is 0. The van der Waals surface area contributed by atoms with E-state index in [1.54, 1.807) is 42.7 Å². The van der Waals surface area contributed by atoms with E-state index in [0.29, 0.717) is 28.8 Å². The van der Waals surface area contributed by atoms with E-state index in [1.165, 1.54) is 0 Å². The molecule has 3 rings (SSSR count). The molecule has 0 bridgehead atoms. The van der Waals surface area contributed by atoms with Crippen LogP contribution in [0.15, 0.2) is 42.7 Å². The number of pyridine rings is 1. The second-order valence-electron chi connectivity index (χ2n) is 5.48. The zero-order chi connectivity index (χ0) is 17.6. The third-order valence-corrected chi connectivity index (χ3v) is 3.71. The number of amides is 1. The van der Waals surface area contributed by atoms with Gasteiger partial charge >= 0.3 is 5.97 Å². The van der Waals surface area contributed by atoms with Gasteiger partial charge in [-0.15, -0.1) is 0 Å². The Balaban J connectivity index is 1.81. The van der Waals surface area contributed by atoms with Crippen molar-refractivity contribution in [2.24, 2.45) is 0 Å². The molecule has 2 aromatic heterocycles. The summed E-state index contributed by atoms with van der Waals surface area (Å²) in [6, 6.07) is 8.47. The Morgan fingerprint density at radius 2 is 2.08 bits per heavy atom. The summed E-state index contributed by atoms with van der Waals surface area (Å²) in [4.78, 5) is 28.8. The van der Waals surface area contributed by atoms with Gasteiger partial charge < -0.3 is 10.1 Å². The number of hydrogen-bond acceptors (Lipinski definition) is 5. The minimum atomic E-state index is -0.460. The van der Waals surface area contributed by atoms with Crippen molar-refractivity contribution in [1.82, 2.24) is 15.2 Å². The number of hydrogen-bond donors (Lipinski definition) is 2. The third-order valence-electron chi connectivity index (χ3n) is 3.71. The summed E-state index contributed by atoms with van der Waals surface area (Å²) in [5.41, 5.74) is 1.63. The number of anilines is 1. The highest BCUT2D eigenvalue weighted by molar-refractivity contribution is 6.12. The quantitative estimate of drug-likeness (QED) is 0.531. The van der Waals surface area contributed by atoms with Gasteiger partial charge in [0.2, 0.25) is 0 Å². The largest absolute Gasteiger partial charge is 0.462 e. The van der Waals surface area contributed by atoms with Gasteiger partial charge in [0.1, 0.15) is 0 Å². The zero-order valence-corrected chi connectivity index (χ0v) is 13.8. The lowest BCUT2D eigenvalue weighted by atomic mass is 10.1. The van der Waals surface area contributed by atoms with Crippen molar-refractivity contribution >= 4 is 28.5 Å². The van der Waals surface area contributed by atoms with Gasteiger partial charge in [0.05, 0.1) is 28.8 Å². The molecule has 1 aromatic carbocycles. The maximum atomic E-state index is 12.6. The number of H-pyrrole nitrogens is 1. The molecule has 0 aliphatic heterocycles. The van der Waals surface area contributed by atoms with Crippen LogP contribution >= 0.6 is 0 Å². The molecule has 128 valence electrons. The van der Waals surface area contributed by atoms with E-state index in [0.717, 1.165) is 12.8 Å². The molecule has 0 fully saturated rings. The first-order valence-electron chi connectivity index (χ1n) is 8.06. The Bertz CT molecular complexity index is 904. The molecule has 2 heterocycles. The summed E-state index contributed by atoms with van der Waals surface area (Å²) in [5.74, 6) is -0.883. The van der Waals surface area contributed by atoms with E-state index in [-0.39, 0.29) is 5.69 Å². The fourth-order valence-electron chi connectivity index (χ4n) is 2.37. The third kappa shape index (κ3) is 3.65. The van der Waals surface area contributed by atoms with Crippen LogP contribution in [-0.4, -0.2) is 33.7 Å². The lowest BCUT2D eigenvalue weighted by molar-refractivity contribution is 0.0501. The summed E-state index contributed by atoms with van der Waals surface area (Å²) < 4.78 is 5.23. The van der Waals surface area contributed by atoms with Crippen molar-refractivity contribution in [3.05, 3.63) is 54.0 Å². The Labute approximate surface area is 144 Å². The van der Waals surface area contributed by atoms with Gasteiger partial charge in [-0.2, -0.15) is 5.10 Å². The average Bonchev–Trinajstić information content (AvgIpc) is 3.06. The molecule has 0 aliphatic carbocycles. The van der Waals surface area contributed by atoms with E-state index in [9.17, 15) is 9.59 Å². The first kappa shape index (κ1) is 16.6. The van der Waals surface area contributed by atoms with Crippen molar-refractivity contribution in [1.29, 1.82) is 0 Å². The van der Waals surface area contributed by atoms with Gasteiger partial charge in [-0.25, -0.2) is 4.79 Å². The minimum Gasteiger partial charge on any atom is -0.462 e. The number of para-hydroxylation sites is 1. The first-order valence-corrected chi connectivity index (χ1v) is 8.06. The first-order chi connectivity index (χ1) is 12.2. The van der Waals surface area contributed by atoms with Crippen molar-refractivity contribution in [2.45, 2.75) is 19.8 Å². The predicted octanol–water partition coefficient (Wildman–Crippen LogP) is 3.17. The Morgan fingerprint density at radius 1 is 1.24 bits per heavy atom. The Kier molecular flexibility index (Phi) is 5.03. The second kappa shape index (κ2) is 7.57. The molecule has 7 heteroatoms. The maximum Gasteiger partial charge on any atom is 0.340 e. The molecule has 0 atom stereocenters. The molecule has 0 saturated heterocycles. The van der Waals surface area contributed by atoms with Gasteiger partial charge in [-0.05, 0) is 24.6 Å². The standard InChI is InChI=1S/C18H18N4O3/c1-2-3-10-25-18(24)12-6-4-5-7-14(12)20-17(23)16-13-11-19-9-8-15(13)21-22-16/h4-9,11H,2-3,10H2,1H3,(H,20,23)(H,21,22). The number of aromatic nitrogens is 3. The fourth-order valence-corrected chi connectivity index (χ4v) is 2.37. The van der Waals surface area contributed by atoms with Gasteiger partial charge in [0, 0.05) is 12.4 Å². The van der Waals surface area contributed by atoms with Crippen LogP contribution in [0.5, 0.6) is 0 Å². The number of nitrogens with zero attached hydrogens (tertiary/aromatic N) is 2. The van der Waals surface area contributed by atoms with E-state index >= 15 is 0 Å². The number of carbonyl (C=O) groups is 2. The SMILES string of the molecule is CCCCOC(=O)c1ccccc1NC(=O)c1n[nH]c2ccncc12. The summed E-state index contributed by atoms with van der Waals surface area (Å²) in [5, 5.41) is 10.2. The van der Waals surface area contributed by atoms with Gasteiger partial charge in [-0.3, -0.25) is 14.9 Å². The molecule has 0 radical (unpaired) electrons. The van der Waals surface area contributed by atoms with Gasteiger partial charge in [-0.1, -0.05) is 25.5 Å². The van der Waals surface area contributed by atoms with Gasteiger partial charge in [0.25, 0.3) is 5.91 Å². The van der Waals surface area contributed by atoms with Crippen LogP contribution in [0.2, 0.25) is 0 Å². The number of esters is 1. The number of carbonyl (C=O) groups excluding carboxylic acids is 2. The smallest absolute Gasteiger partial charge is 0.340 e. The van der Waals surface area contributed by atoms with Crippen LogP contribution < -0.4 is 5.32 Å². The number of fused-ring (bicyclic) bond motifs is 1. The van der Waals surface area contributed by atoms with Gasteiger partial charge in [0.15, 0.2) is 5.69 Å². The number of rotatable bonds is 6. The van der Waals surface area contributed by atoms with E-state index in [2.05, 4.69) is 20.5 Å². The van der Waals surface area contributed by atoms with Crippen LogP contribution in [-0.2, 0) is 4.74 Å². The Hall–Kier alpha value is -3.22. The normalized spacial score (nSPS) is 10.6. The minimum absolute atomic E-state index is 0.220. The number of unbranched alkanes of at least 4 members (excludes halogenated alkanes) is 1. The summed E-state index contributed by atoms with van der Waals surface area (Å²) in [6.07, 6.45) is 4.92. The van der Waals surface area contributed by atoms with Crippen LogP contribution in [0, 0.1) is 0 Å². The lowest BCUT2D eigenvalue weighted by Crippen LogP contribution is -2.16. The molecule has 7 nitrogen and oxygen atoms in total. The number of nitrogens with one attached hydrogen (secondary N) is 2. The molecule has 3 aromatic rings. The fraction of sp³-hybridized carbons (Fsp3) is 0.222. The van der Waals surface area contributed by atoms with Crippen LogP contribution in [0.1, 0.15) is 40.6 Å². The second-order valence-corrected chi connectivity index (χ2v) is 5.48. The highest BCUT2D eigenvalue weighted by atomic mass is 16.5. The molecule has 0 saturated carbocycles. The Morgan fingerprint density at radius 3 is 2.92 bits per heavy atom. The summed E-state index contributed by atoms with van der Waals surface area (Å²) in [6.45, 7) is 2.37. The molecule has 0 aliphatic rings. The molecule has 2 N–H and O–H groups in total. The molecule has 1 amide bonds. The monoisotopic (exact) mass is 338 g/mol. The summed E-state index contributed by atoms with van der Waals surface area (Å²) >= 11 is 0. The topological polar surface area (TPSA) is 97.0 Å². The molecule has 0 spiro atoms. The molecular weight excluding hydrogens is 320 g/mol. The zero-order valence-electron chi connectivity index (χ0n) is 13.8. The van der Waals surface area contributed by atoms with Crippen LogP contribution in [0.3, 0.4) is 0 Å². The molecule has 25 heavy (non-hydrogen) atoms. The van der Waals surface area contributed by atoms with Crippen LogP contribution in [0.25, 0.3) is 10.9 Å². The van der Waals surface area contributed by atoms with Crippen LogP contribution in [0.4, 0.5) is 5.69 Å². The number of ether oxygens (including phenoxy) is 1. The highest BCUT2D eigenvalue weighted by Crippen LogP contribution is 2.19. The predicted molar refractivity (Wildman–Crippen MR) is 93.5 cm³/mol. The van der Waals surface area contributed by atoms with E-state index in [1.807, 2.05) is 6.92 Å². The van der Waals surface area contributed by atoms with Crippen molar-refractivity contribution in [3.8, 4) is 0 Å². The van der Waals surface area contributed by atoms with Crippen molar-refractivity contribution < 1.29 is 14.3 Å². The highest BCUT2D eigenvalue weighted by Gasteiger charge is 2.18. The lowest BCUT2D eigenvalue weighted by Gasteiger charge is -2.10. The number of benzene rings is 1. The average molecular weight is 338 g/mol. The van der Waals surface area contributed by atoms with E-state index < -0.39 is 11.9 Å². The molecule has 0 unspecified atom stereocenters.